The molecule has 1 saturated heterocycles. The van der Waals surface area contributed by atoms with E-state index in [1.54, 1.807) is 0 Å². The number of piperazine rings is 1. The minimum Gasteiger partial charge on any atom is -0.314 e. The molecule has 0 aromatic carbocycles. The SMILES string of the molecule is CN(C)C(CCN1CCNCC1)c1ccncc1. The van der Waals surface area contributed by atoms with Gasteiger partial charge < -0.3 is 15.1 Å². The molecule has 1 aliphatic rings. The summed E-state index contributed by atoms with van der Waals surface area (Å²) in [6, 6.07) is 4.74. The molecule has 1 fully saturated rings. The van der Waals surface area contributed by atoms with E-state index in [1.165, 1.54) is 31.6 Å². The van der Waals surface area contributed by atoms with Gasteiger partial charge in [-0.3, -0.25) is 4.98 Å². The van der Waals surface area contributed by atoms with Crippen LogP contribution in [0.3, 0.4) is 0 Å². The number of rotatable bonds is 5. The van der Waals surface area contributed by atoms with E-state index in [1.807, 2.05) is 12.4 Å². The van der Waals surface area contributed by atoms with E-state index in [9.17, 15) is 0 Å². The van der Waals surface area contributed by atoms with Gasteiger partial charge >= 0.3 is 0 Å². The number of nitrogens with one attached hydrogen (secondary N) is 1. The van der Waals surface area contributed by atoms with Gasteiger partial charge in [-0.2, -0.15) is 0 Å². The molecule has 1 unspecified atom stereocenters. The molecule has 2 rings (SSSR count). The molecule has 0 bridgehead atoms. The molecule has 4 nitrogen and oxygen atoms in total. The number of aromatic nitrogens is 1. The van der Waals surface area contributed by atoms with Crippen LogP contribution in [0, 0.1) is 0 Å². The summed E-state index contributed by atoms with van der Waals surface area (Å²) in [5.41, 5.74) is 1.37. The lowest BCUT2D eigenvalue weighted by Crippen LogP contribution is -2.44. The molecule has 1 aliphatic heterocycles. The smallest absolute Gasteiger partial charge is 0.0355 e. The zero-order valence-electron chi connectivity index (χ0n) is 11.5. The van der Waals surface area contributed by atoms with E-state index in [0.29, 0.717) is 6.04 Å². The van der Waals surface area contributed by atoms with Crippen molar-refractivity contribution in [1.29, 1.82) is 0 Å². The van der Waals surface area contributed by atoms with E-state index in [-0.39, 0.29) is 0 Å². The van der Waals surface area contributed by atoms with E-state index in [2.05, 4.69) is 46.3 Å². The maximum Gasteiger partial charge on any atom is 0.0355 e. The number of hydrogen-bond acceptors (Lipinski definition) is 4. The molecule has 2 heterocycles. The van der Waals surface area contributed by atoms with Gasteiger partial charge in [-0.1, -0.05) is 0 Å². The lowest BCUT2D eigenvalue weighted by atomic mass is 10.0. The first-order valence-corrected chi connectivity index (χ1v) is 6.77. The van der Waals surface area contributed by atoms with Gasteiger partial charge in [0.15, 0.2) is 0 Å². The number of nitrogens with zero attached hydrogens (tertiary/aromatic N) is 3. The highest BCUT2D eigenvalue weighted by atomic mass is 15.2. The Morgan fingerprint density at radius 2 is 1.94 bits per heavy atom. The molecular weight excluding hydrogens is 224 g/mol. The fourth-order valence-electron chi connectivity index (χ4n) is 2.55. The van der Waals surface area contributed by atoms with Crippen LogP contribution >= 0.6 is 0 Å². The molecule has 1 aromatic rings. The first kappa shape index (κ1) is 13.5. The van der Waals surface area contributed by atoms with Crippen molar-refractivity contribution in [1.82, 2.24) is 20.1 Å². The summed E-state index contributed by atoms with van der Waals surface area (Å²) in [5.74, 6) is 0. The van der Waals surface area contributed by atoms with Crippen LogP contribution < -0.4 is 5.32 Å². The highest BCUT2D eigenvalue weighted by molar-refractivity contribution is 5.14. The van der Waals surface area contributed by atoms with Crippen molar-refractivity contribution in [2.45, 2.75) is 12.5 Å². The fourth-order valence-corrected chi connectivity index (χ4v) is 2.55. The van der Waals surface area contributed by atoms with Crippen LogP contribution in [0.25, 0.3) is 0 Å². The summed E-state index contributed by atoms with van der Waals surface area (Å²) in [7, 11) is 4.31. The summed E-state index contributed by atoms with van der Waals surface area (Å²) in [6.07, 6.45) is 4.95. The Bertz CT molecular complexity index is 333. The van der Waals surface area contributed by atoms with Crippen molar-refractivity contribution in [3.05, 3.63) is 30.1 Å². The fraction of sp³-hybridized carbons (Fsp3) is 0.643. The Kier molecular flexibility index (Phi) is 5.11. The largest absolute Gasteiger partial charge is 0.314 e. The summed E-state index contributed by atoms with van der Waals surface area (Å²) < 4.78 is 0. The quantitative estimate of drug-likeness (QED) is 0.842. The average Bonchev–Trinajstić information content (AvgIpc) is 2.41. The van der Waals surface area contributed by atoms with E-state index >= 15 is 0 Å². The molecule has 18 heavy (non-hydrogen) atoms. The van der Waals surface area contributed by atoms with Crippen LogP contribution in [0.1, 0.15) is 18.0 Å². The minimum absolute atomic E-state index is 0.489. The lowest BCUT2D eigenvalue weighted by molar-refractivity contribution is 0.199. The van der Waals surface area contributed by atoms with Crippen molar-refractivity contribution in [3.63, 3.8) is 0 Å². The third-order valence-corrected chi connectivity index (χ3v) is 3.64. The Hall–Kier alpha value is -0.970. The number of hydrogen-bond donors (Lipinski definition) is 1. The number of pyridine rings is 1. The Morgan fingerprint density at radius 1 is 1.28 bits per heavy atom. The molecule has 0 aliphatic carbocycles. The van der Waals surface area contributed by atoms with Crippen LogP contribution in [-0.2, 0) is 0 Å². The Morgan fingerprint density at radius 3 is 2.56 bits per heavy atom. The van der Waals surface area contributed by atoms with Crippen molar-refractivity contribution >= 4 is 0 Å². The van der Waals surface area contributed by atoms with Crippen LogP contribution in [-0.4, -0.2) is 61.6 Å². The summed E-state index contributed by atoms with van der Waals surface area (Å²) in [5, 5.41) is 3.40. The first-order valence-electron chi connectivity index (χ1n) is 6.77. The molecule has 0 amide bonds. The molecule has 4 heteroatoms. The molecule has 0 radical (unpaired) electrons. The van der Waals surface area contributed by atoms with Gasteiger partial charge in [-0.15, -0.1) is 0 Å². The summed E-state index contributed by atoms with van der Waals surface area (Å²) in [6.45, 7) is 5.78. The van der Waals surface area contributed by atoms with E-state index < -0.39 is 0 Å². The standard InChI is InChI=1S/C14H24N4/c1-17(2)14(13-3-6-15-7-4-13)5-10-18-11-8-16-9-12-18/h3-4,6-7,14,16H,5,8-12H2,1-2H3. The maximum absolute atomic E-state index is 4.10. The van der Waals surface area contributed by atoms with Gasteiger partial charge in [0, 0.05) is 51.2 Å². The summed E-state index contributed by atoms with van der Waals surface area (Å²) >= 11 is 0. The van der Waals surface area contributed by atoms with Gasteiger partial charge in [0.25, 0.3) is 0 Å². The highest BCUT2D eigenvalue weighted by Crippen LogP contribution is 2.21. The Balaban J connectivity index is 1.90. The predicted molar refractivity (Wildman–Crippen MR) is 74.6 cm³/mol. The average molecular weight is 248 g/mol. The monoisotopic (exact) mass is 248 g/mol. The van der Waals surface area contributed by atoms with Crippen molar-refractivity contribution < 1.29 is 0 Å². The maximum atomic E-state index is 4.10. The third-order valence-electron chi connectivity index (χ3n) is 3.64. The van der Waals surface area contributed by atoms with Gasteiger partial charge in [0.2, 0.25) is 0 Å². The zero-order valence-corrected chi connectivity index (χ0v) is 11.5. The second-order valence-electron chi connectivity index (χ2n) is 5.14. The van der Waals surface area contributed by atoms with Crippen LogP contribution in [0.15, 0.2) is 24.5 Å². The van der Waals surface area contributed by atoms with Gasteiger partial charge in [-0.25, -0.2) is 0 Å². The second-order valence-corrected chi connectivity index (χ2v) is 5.14. The predicted octanol–water partition coefficient (Wildman–Crippen LogP) is 0.980. The van der Waals surface area contributed by atoms with E-state index in [0.717, 1.165) is 13.1 Å². The highest BCUT2D eigenvalue weighted by Gasteiger charge is 2.16. The lowest BCUT2D eigenvalue weighted by Gasteiger charge is -2.31. The topological polar surface area (TPSA) is 31.4 Å². The Labute approximate surface area is 110 Å². The van der Waals surface area contributed by atoms with Crippen molar-refractivity contribution in [3.8, 4) is 0 Å². The minimum atomic E-state index is 0.489. The molecule has 0 saturated carbocycles. The molecule has 0 spiro atoms. The van der Waals surface area contributed by atoms with Gasteiger partial charge in [0.05, 0.1) is 0 Å². The van der Waals surface area contributed by atoms with E-state index in [4.69, 9.17) is 0 Å². The summed E-state index contributed by atoms with van der Waals surface area (Å²) in [4.78, 5) is 8.95. The third kappa shape index (κ3) is 3.77. The van der Waals surface area contributed by atoms with Crippen LogP contribution in [0.4, 0.5) is 0 Å². The molecule has 100 valence electrons. The van der Waals surface area contributed by atoms with Crippen LogP contribution in [0.2, 0.25) is 0 Å². The van der Waals surface area contributed by atoms with Gasteiger partial charge in [-0.05, 0) is 38.2 Å². The second kappa shape index (κ2) is 6.83. The molecular formula is C14H24N4. The van der Waals surface area contributed by atoms with Crippen molar-refractivity contribution in [2.75, 3.05) is 46.8 Å². The van der Waals surface area contributed by atoms with Crippen LogP contribution in [0.5, 0.6) is 0 Å². The normalized spacial score (nSPS) is 19.1. The first-order chi connectivity index (χ1) is 8.77. The van der Waals surface area contributed by atoms with Gasteiger partial charge in [0.1, 0.15) is 0 Å². The molecule has 1 aromatic heterocycles. The molecule has 1 N–H and O–H groups in total. The molecule has 1 atom stereocenters. The van der Waals surface area contributed by atoms with Crippen molar-refractivity contribution in [2.24, 2.45) is 0 Å². The zero-order chi connectivity index (χ0) is 12.8.